The lowest BCUT2D eigenvalue weighted by Gasteiger charge is -2.12. The quantitative estimate of drug-likeness (QED) is 0.251. The second-order valence-electron chi connectivity index (χ2n) is 8.11. The van der Waals surface area contributed by atoms with Crippen LogP contribution in [0.1, 0.15) is 11.1 Å². The summed E-state index contributed by atoms with van der Waals surface area (Å²) >= 11 is 1.22. The van der Waals surface area contributed by atoms with Crippen LogP contribution in [-0.4, -0.2) is 28.3 Å². The Morgan fingerprint density at radius 3 is 2.54 bits per heavy atom. The van der Waals surface area contributed by atoms with Crippen molar-refractivity contribution in [3.63, 3.8) is 0 Å². The molecule has 0 fully saturated rings. The smallest absolute Gasteiger partial charge is 0.298 e. The van der Waals surface area contributed by atoms with Crippen molar-refractivity contribution >= 4 is 45.4 Å². The molecule has 0 aliphatic rings. The lowest BCUT2D eigenvalue weighted by molar-refractivity contribution is -0.113. The predicted octanol–water partition coefficient (Wildman–Crippen LogP) is 5.24. The van der Waals surface area contributed by atoms with Gasteiger partial charge in [-0.15, -0.1) is 0 Å². The van der Waals surface area contributed by atoms with Gasteiger partial charge in [-0.25, -0.2) is 4.98 Å². The minimum atomic E-state index is -0.273. The molecule has 0 aliphatic carbocycles. The highest BCUT2D eigenvalue weighted by molar-refractivity contribution is 7.99. The Labute approximate surface area is 205 Å². The Balaban J connectivity index is 1.47. The highest BCUT2D eigenvalue weighted by Crippen LogP contribution is 2.28. The Hall–Kier alpha value is -4.04. The van der Waals surface area contributed by atoms with Gasteiger partial charge in [-0.05, 0) is 48.9 Å². The van der Waals surface area contributed by atoms with Crippen LogP contribution in [0.5, 0.6) is 5.75 Å². The molecule has 7 nitrogen and oxygen atoms in total. The third kappa shape index (κ3) is 4.79. The predicted molar refractivity (Wildman–Crippen MR) is 138 cm³/mol. The Bertz CT molecular complexity index is 1570. The number of nitrogens with one attached hydrogen (secondary N) is 1. The van der Waals surface area contributed by atoms with Crippen LogP contribution in [0.15, 0.2) is 87.2 Å². The molecule has 1 N–H and O–H groups in total. The van der Waals surface area contributed by atoms with Gasteiger partial charge in [0.15, 0.2) is 5.16 Å². The maximum Gasteiger partial charge on any atom is 0.298 e. The summed E-state index contributed by atoms with van der Waals surface area (Å²) in [6.07, 6.45) is 0. The molecule has 0 saturated carbocycles. The number of furan rings is 1. The topological polar surface area (TPSA) is 86.4 Å². The lowest BCUT2D eigenvalue weighted by atomic mass is 10.1. The number of hydrogen-bond acceptors (Lipinski definition) is 6. The number of rotatable bonds is 7. The van der Waals surface area contributed by atoms with Gasteiger partial charge in [0.1, 0.15) is 16.8 Å². The lowest BCUT2D eigenvalue weighted by Crippen LogP contribution is -2.24. The van der Waals surface area contributed by atoms with E-state index < -0.39 is 0 Å². The normalized spacial score (nSPS) is 11.1. The van der Waals surface area contributed by atoms with E-state index in [2.05, 4.69) is 5.32 Å². The number of fused-ring (bicyclic) bond motifs is 3. The van der Waals surface area contributed by atoms with Gasteiger partial charge < -0.3 is 14.5 Å². The van der Waals surface area contributed by atoms with Crippen LogP contribution in [0.2, 0.25) is 0 Å². The fraction of sp³-hybridized carbons (Fsp3) is 0.148. The molecule has 2 aromatic heterocycles. The molecular weight excluding hydrogens is 462 g/mol. The fourth-order valence-corrected chi connectivity index (χ4v) is 4.57. The average molecular weight is 486 g/mol. The summed E-state index contributed by atoms with van der Waals surface area (Å²) < 4.78 is 12.6. The monoisotopic (exact) mass is 485 g/mol. The van der Waals surface area contributed by atoms with Crippen LogP contribution in [0.3, 0.4) is 0 Å². The Morgan fingerprint density at radius 2 is 1.80 bits per heavy atom. The van der Waals surface area contributed by atoms with Crippen LogP contribution in [0.25, 0.3) is 22.1 Å². The van der Waals surface area contributed by atoms with E-state index in [4.69, 9.17) is 14.1 Å². The Morgan fingerprint density at radius 1 is 1.06 bits per heavy atom. The summed E-state index contributed by atoms with van der Waals surface area (Å²) in [4.78, 5) is 30.9. The van der Waals surface area contributed by atoms with Gasteiger partial charge in [-0.1, -0.05) is 53.7 Å². The number of hydrogen-bond donors (Lipinski definition) is 1. The van der Waals surface area contributed by atoms with E-state index in [1.807, 2.05) is 55.5 Å². The molecule has 8 heteroatoms. The number of aryl methyl sites for hydroxylation is 1. The molecule has 2 heterocycles. The van der Waals surface area contributed by atoms with E-state index in [0.717, 1.165) is 16.5 Å². The SMILES string of the molecule is COc1ccc(NC(=O)CSc2nc3c(oc4ccccc43)c(=O)n2Cc2ccc(C)cc2)cc1. The van der Waals surface area contributed by atoms with Crippen LogP contribution >= 0.6 is 11.8 Å². The summed E-state index contributed by atoms with van der Waals surface area (Å²) in [6.45, 7) is 2.34. The molecule has 5 rings (SSSR count). The van der Waals surface area contributed by atoms with Crippen LogP contribution < -0.4 is 15.6 Å². The van der Waals surface area contributed by atoms with Crippen LogP contribution in [0.4, 0.5) is 5.69 Å². The standard InChI is InChI=1S/C27H23N3O4S/c1-17-7-9-18(10-8-17)15-30-26(32)25-24(21-5-3-4-6-22(21)34-25)29-27(30)35-16-23(31)28-19-11-13-20(33-2)14-12-19/h3-14H,15-16H2,1-2H3,(H,28,31). The number of ether oxygens (including phenoxy) is 1. The van der Waals surface area contributed by atoms with Crippen molar-refractivity contribution < 1.29 is 13.9 Å². The summed E-state index contributed by atoms with van der Waals surface area (Å²) in [6, 6.07) is 22.5. The van der Waals surface area contributed by atoms with Crippen molar-refractivity contribution in [1.82, 2.24) is 9.55 Å². The second-order valence-corrected chi connectivity index (χ2v) is 9.06. The molecule has 176 valence electrons. The summed E-state index contributed by atoms with van der Waals surface area (Å²) in [5.74, 6) is 0.601. The number of anilines is 1. The second kappa shape index (κ2) is 9.68. The molecule has 0 aliphatic heterocycles. The first-order valence-corrected chi connectivity index (χ1v) is 12.0. The highest BCUT2D eigenvalue weighted by atomic mass is 32.2. The summed E-state index contributed by atoms with van der Waals surface area (Å²) in [7, 11) is 1.59. The van der Waals surface area contributed by atoms with Gasteiger partial charge in [0.2, 0.25) is 11.5 Å². The van der Waals surface area contributed by atoms with Gasteiger partial charge in [-0.2, -0.15) is 0 Å². The zero-order chi connectivity index (χ0) is 24.4. The minimum Gasteiger partial charge on any atom is -0.497 e. The maximum atomic E-state index is 13.5. The molecule has 0 radical (unpaired) electrons. The van der Waals surface area contributed by atoms with E-state index >= 15 is 0 Å². The molecule has 5 aromatic rings. The first-order chi connectivity index (χ1) is 17.0. The third-order valence-electron chi connectivity index (χ3n) is 5.61. The largest absolute Gasteiger partial charge is 0.497 e. The van der Waals surface area contributed by atoms with Gasteiger partial charge in [0, 0.05) is 11.1 Å². The Kier molecular flexibility index (Phi) is 6.29. The molecule has 35 heavy (non-hydrogen) atoms. The van der Waals surface area contributed by atoms with Gasteiger partial charge in [0.05, 0.1) is 19.4 Å². The van der Waals surface area contributed by atoms with Gasteiger partial charge in [0.25, 0.3) is 5.56 Å². The molecule has 0 atom stereocenters. The molecule has 3 aromatic carbocycles. The molecular formula is C27H23N3O4S. The zero-order valence-electron chi connectivity index (χ0n) is 19.3. The first-order valence-electron chi connectivity index (χ1n) is 11.1. The van der Waals surface area contributed by atoms with E-state index in [9.17, 15) is 9.59 Å². The maximum absolute atomic E-state index is 13.5. The van der Waals surface area contributed by atoms with Crippen molar-refractivity contribution in [3.05, 3.63) is 94.3 Å². The van der Waals surface area contributed by atoms with E-state index in [1.165, 1.54) is 11.8 Å². The number of para-hydroxylation sites is 1. The fourth-order valence-electron chi connectivity index (χ4n) is 3.78. The number of thioether (sulfide) groups is 1. The molecule has 0 unspecified atom stereocenters. The van der Waals surface area contributed by atoms with E-state index in [1.54, 1.807) is 35.9 Å². The number of carbonyl (C=O) groups excluding carboxylic acids is 1. The van der Waals surface area contributed by atoms with Gasteiger partial charge >= 0.3 is 0 Å². The number of nitrogens with zero attached hydrogens (tertiary/aromatic N) is 2. The zero-order valence-corrected chi connectivity index (χ0v) is 20.1. The third-order valence-corrected chi connectivity index (χ3v) is 6.59. The van der Waals surface area contributed by atoms with E-state index in [0.29, 0.717) is 34.2 Å². The van der Waals surface area contributed by atoms with Crippen LogP contribution in [0, 0.1) is 6.92 Å². The number of amides is 1. The van der Waals surface area contributed by atoms with Crippen LogP contribution in [-0.2, 0) is 11.3 Å². The first kappa shape index (κ1) is 22.7. The highest BCUT2D eigenvalue weighted by Gasteiger charge is 2.19. The van der Waals surface area contributed by atoms with Crippen molar-refractivity contribution in [3.8, 4) is 5.75 Å². The summed E-state index contributed by atoms with van der Waals surface area (Å²) in [5, 5.41) is 4.09. The number of aromatic nitrogens is 2. The molecule has 1 amide bonds. The number of benzene rings is 3. The van der Waals surface area contributed by atoms with Crippen molar-refractivity contribution in [2.45, 2.75) is 18.6 Å². The molecule has 0 saturated heterocycles. The molecule has 0 bridgehead atoms. The minimum absolute atomic E-state index is 0.0909. The van der Waals surface area contributed by atoms with Crippen molar-refractivity contribution in [1.29, 1.82) is 0 Å². The number of methoxy groups -OCH3 is 1. The van der Waals surface area contributed by atoms with Crippen molar-refractivity contribution in [2.24, 2.45) is 0 Å². The van der Waals surface area contributed by atoms with Gasteiger partial charge in [-0.3, -0.25) is 14.2 Å². The average Bonchev–Trinajstić information content (AvgIpc) is 3.25. The molecule has 0 spiro atoms. The van der Waals surface area contributed by atoms with Crippen molar-refractivity contribution in [2.75, 3.05) is 18.2 Å². The summed E-state index contributed by atoms with van der Waals surface area (Å²) in [5.41, 5.74) is 3.81. The van der Waals surface area contributed by atoms with E-state index in [-0.39, 0.29) is 22.8 Å². The number of carbonyl (C=O) groups is 1.